The summed E-state index contributed by atoms with van der Waals surface area (Å²) in [7, 11) is 1.82. The van der Waals surface area contributed by atoms with Crippen LogP contribution in [0.1, 0.15) is 21.5 Å². The Hall–Kier alpha value is -1.13. The maximum atomic E-state index is 12.4. The predicted molar refractivity (Wildman–Crippen MR) is 88.8 cm³/mol. The monoisotopic (exact) mass is 395 g/mol. The van der Waals surface area contributed by atoms with Gasteiger partial charge < -0.3 is 4.90 Å². The molecule has 0 bridgehead atoms. The number of halogens is 2. The van der Waals surface area contributed by atoms with Crippen molar-refractivity contribution < 1.29 is 4.79 Å². The van der Waals surface area contributed by atoms with Crippen LogP contribution in [0.25, 0.3) is 0 Å². The van der Waals surface area contributed by atoms with Crippen molar-refractivity contribution in [3.05, 3.63) is 68.1 Å². The predicted octanol–water partition coefficient (Wildman–Crippen LogP) is 4.79. The molecule has 2 rings (SSSR count). The molecular formula is C16H15Br2NO. The molecule has 0 saturated carbocycles. The molecule has 0 aliphatic carbocycles. The number of nitrogens with zero attached hydrogens (tertiary/aromatic N) is 1. The minimum atomic E-state index is 0.00949. The van der Waals surface area contributed by atoms with Gasteiger partial charge in [-0.15, -0.1) is 0 Å². The Morgan fingerprint density at radius 1 is 1.10 bits per heavy atom. The molecule has 1 amide bonds. The number of hydrogen-bond acceptors (Lipinski definition) is 1. The van der Waals surface area contributed by atoms with Crippen LogP contribution < -0.4 is 0 Å². The van der Waals surface area contributed by atoms with E-state index in [4.69, 9.17) is 0 Å². The summed E-state index contributed by atoms with van der Waals surface area (Å²) >= 11 is 6.82. The Morgan fingerprint density at radius 3 is 2.30 bits per heavy atom. The Labute approximate surface area is 136 Å². The van der Waals surface area contributed by atoms with E-state index in [1.807, 2.05) is 37.4 Å². The molecule has 20 heavy (non-hydrogen) atoms. The topological polar surface area (TPSA) is 20.3 Å². The minimum absolute atomic E-state index is 0.00949. The zero-order valence-electron chi connectivity index (χ0n) is 11.4. The highest BCUT2D eigenvalue weighted by molar-refractivity contribution is 9.11. The third kappa shape index (κ3) is 3.70. The van der Waals surface area contributed by atoms with Crippen LogP contribution in [0.5, 0.6) is 0 Å². The number of carbonyl (C=O) groups is 1. The number of rotatable bonds is 3. The van der Waals surface area contributed by atoms with Gasteiger partial charge in [-0.2, -0.15) is 0 Å². The molecule has 0 aliphatic rings. The molecule has 0 heterocycles. The summed E-state index contributed by atoms with van der Waals surface area (Å²) in [5.74, 6) is 0.00949. The summed E-state index contributed by atoms with van der Waals surface area (Å²) in [5, 5.41) is 0. The number of benzene rings is 2. The Balaban J connectivity index is 2.18. The fraction of sp³-hybridized carbons (Fsp3) is 0.188. The van der Waals surface area contributed by atoms with Crippen molar-refractivity contribution in [2.45, 2.75) is 13.5 Å². The molecule has 0 aromatic heterocycles. The molecule has 0 unspecified atom stereocenters. The van der Waals surface area contributed by atoms with Gasteiger partial charge in [-0.05, 0) is 36.2 Å². The maximum Gasteiger partial charge on any atom is 0.253 e. The van der Waals surface area contributed by atoms with E-state index >= 15 is 0 Å². The van der Waals surface area contributed by atoms with Crippen molar-refractivity contribution in [2.24, 2.45) is 0 Å². The lowest BCUT2D eigenvalue weighted by atomic mass is 10.1. The first-order valence-electron chi connectivity index (χ1n) is 6.23. The van der Waals surface area contributed by atoms with Crippen molar-refractivity contribution in [3.8, 4) is 0 Å². The molecule has 0 radical (unpaired) electrons. The largest absolute Gasteiger partial charge is 0.337 e. The fourth-order valence-corrected chi connectivity index (χ4v) is 3.31. The number of amides is 1. The Bertz CT molecular complexity index is 620. The van der Waals surface area contributed by atoms with Crippen LogP contribution >= 0.6 is 31.9 Å². The van der Waals surface area contributed by atoms with Gasteiger partial charge in [-0.3, -0.25) is 4.79 Å². The van der Waals surface area contributed by atoms with Crippen LogP contribution in [-0.4, -0.2) is 17.9 Å². The van der Waals surface area contributed by atoms with Crippen LogP contribution in [0.15, 0.2) is 51.4 Å². The van der Waals surface area contributed by atoms with E-state index in [0.29, 0.717) is 12.1 Å². The van der Waals surface area contributed by atoms with Crippen LogP contribution in [0.3, 0.4) is 0 Å². The molecule has 0 aliphatic heterocycles. The Kier molecular flexibility index (Phi) is 5.00. The van der Waals surface area contributed by atoms with E-state index in [2.05, 4.69) is 50.9 Å². The zero-order chi connectivity index (χ0) is 14.7. The third-order valence-corrected chi connectivity index (χ3v) is 4.04. The van der Waals surface area contributed by atoms with Gasteiger partial charge in [0, 0.05) is 28.1 Å². The van der Waals surface area contributed by atoms with E-state index in [0.717, 1.165) is 14.5 Å². The standard InChI is InChI=1S/C16H15Br2NO/c1-11-5-3-4-6-12(11)10-19(2)16(20)13-7-14(17)9-15(18)8-13/h3-9H,10H2,1-2H3. The average molecular weight is 397 g/mol. The SMILES string of the molecule is Cc1ccccc1CN(C)C(=O)c1cc(Br)cc(Br)c1. The molecule has 0 fully saturated rings. The summed E-state index contributed by atoms with van der Waals surface area (Å²) in [6.45, 7) is 2.67. The summed E-state index contributed by atoms with van der Waals surface area (Å²) in [4.78, 5) is 14.2. The van der Waals surface area contributed by atoms with Crippen molar-refractivity contribution in [2.75, 3.05) is 7.05 Å². The molecule has 0 spiro atoms. The van der Waals surface area contributed by atoms with Gasteiger partial charge in [0.2, 0.25) is 0 Å². The van der Waals surface area contributed by atoms with E-state index in [9.17, 15) is 4.79 Å². The quantitative estimate of drug-likeness (QED) is 0.730. The first-order chi connectivity index (χ1) is 9.47. The van der Waals surface area contributed by atoms with Crippen molar-refractivity contribution in [3.63, 3.8) is 0 Å². The smallest absolute Gasteiger partial charge is 0.253 e. The average Bonchev–Trinajstić information content (AvgIpc) is 2.39. The molecule has 4 heteroatoms. The summed E-state index contributed by atoms with van der Waals surface area (Å²) < 4.78 is 1.78. The lowest BCUT2D eigenvalue weighted by Crippen LogP contribution is -2.26. The van der Waals surface area contributed by atoms with Gasteiger partial charge in [0.05, 0.1) is 0 Å². The van der Waals surface area contributed by atoms with Gasteiger partial charge >= 0.3 is 0 Å². The molecule has 0 atom stereocenters. The summed E-state index contributed by atoms with van der Waals surface area (Å²) in [6, 6.07) is 13.7. The van der Waals surface area contributed by atoms with Gasteiger partial charge in [0.1, 0.15) is 0 Å². The molecular weight excluding hydrogens is 382 g/mol. The second-order valence-corrected chi connectivity index (χ2v) is 6.58. The highest BCUT2D eigenvalue weighted by atomic mass is 79.9. The lowest BCUT2D eigenvalue weighted by Gasteiger charge is -2.19. The minimum Gasteiger partial charge on any atom is -0.337 e. The van der Waals surface area contributed by atoms with Gasteiger partial charge in [0.15, 0.2) is 0 Å². The van der Waals surface area contributed by atoms with Crippen LogP contribution in [0, 0.1) is 6.92 Å². The first-order valence-corrected chi connectivity index (χ1v) is 7.82. The van der Waals surface area contributed by atoms with Crippen LogP contribution in [-0.2, 0) is 6.54 Å². The second kappa shape index (κ2) is 6.55. The highest BCUT2D eigenvalue weighted by Crippen LogP contribution is 2.21. The molecule has 2 nitrogen and oxygen atoms in total. The number of aryl methyl sites for hydroxylation is 1. The van der Waals surface area contributed by atoms with E-state index in [1.165, 1.54) is 5.56 Å². The number of carbonyl (C=O) groups excluding carboxylic acids is 1. The van der Waals surface area contributed by atoms with E-state index < -0.39 is 0 Å². The molecule has 2 aromatic rings. The normalized spacial score (nSPS) is 10.4. The van der Waals surface area contributed by atoms with Gasteiger partial charge in [-0.25, -0.2) is 0 Å². The second-order valence-electron chi connectivity index (χ2n) is 4.75. The van der Waals surface area contributed by atoms with Crippen LogP contribution in [0.4, 0.5) is 0 Å². The molecule has 2 aromatic carbocycles. The van der Waals surface area contributed by atoms with E-state index in [-0.39, 0.29) is 5.91 Å². The van der Waals surface area contributed by atoms with E-state index in [1.54, 1.807) is 4.90 Å². The summed E-state index contributed by atoms with van der Waals surface area (Å²) in [6.07, 6.45) is 0. The molecule has 104 valence electrons. The fourth-order valence-electron chi connectivity index (χ4n) is 2.01. The molecule has 0 N–H and O–H groups in total. The van der Waals surface area contributed by atoms with Gasteiger partial charge in [-0.1, -0.05) is 56.1 Å². The van der Waals surface area contributed by atoms with Crippen molar-refractivity contribution in [1.29, 1.82) is 0 Å². The van der Waals surface area contributed by atoms with Crippen molar-refractivity contribution in [1.82, 2.24) is 4.90 Å². The van der Waals surface area contributed by atoms with Crippen LogP contribution in [0.2, 0.25) is 0 Å². The first kappa shape index (κ1) is 15.3. The zero-order valence-corrected chi connectivity index (χ0v) is 14.5. The maximum absolute atomic E-state index is 12.4. The highest BCUT2D eigenvalue weighted by Gasteiger charge is 2.14. The lowest BCUT2D eigenvalue weighted by molar-refractivity contribution is 0.0785. The van der Waals surface area contributed by atoms with Crippen molar-refractivity contribution >= 4 is 37.8 Å². The number of hydrogen-bond donors (Lipinski definition) is 0. The third-order valence-electron chi connectivity index (χ3n) is 3.12. The summed E-state index contributed by atoms with van der Waals surface area (Å²) in [5.41, 5.74) is 3.03. The Morgan fingerprint density at radius 2 is 1.70 bits per heavy atom. The molecule has 0 saturated heterocycles. The van der Waals surface area contributed by atoms with Gasteiger partial charge in [0.25, 0.3) is 5.91 Å².